The molecule has 0 radical (unpaired) electrons. The molecule has 3 heteroatoms. The summed E-state index contributed by atoms with van der Waals surface area (Å²) < 4.78 is 1.18. The smallest absolute Gasteiger partial charge is 0.0591 e. The molecule has 106 valence electrons. The third-order valence-corrected chi connectivity index (χ3v) is 5.01. The minimum absolute atomic E-state index is 0.124. The first-order valence-electron chi connectivity index (χ1n) is 6.79. The third-order valence-electron chi connectivity index (χ3n) is 3.42. The topological polar surface area (TPSA) is 12.0 Å². The van der Waals surface area contributed by atoms with Gasteiger partial charge >= 0.3 is 0 Å². The first kappa shape index (κ1) is 15.6. The van der Waals surface area contributed by atoms with Gasteiger partial charge in [0.05, 0.1) is 6.04 Å². The van der Waals surface area contributed by atoms with Crippen LogP contribution in [0.5, 0.6) is 0 Å². The third kappa shape index (κ3) is 3.25. The van der Waals surface area contributed by atoms with Gasteiger partial charge in [-0.2, -0.15) is 0 Å². The largest absolute Gasteiger partial charge is 0.306 e. The van der Waals surface area contributed by atoms with Crippen LogP contribution in [0.1, 0.15) is 35.2 Å². The van der Waals surface area contributed by atoms with E-state index >= 15 is 0 Å². The van der Waals surface area contributed by atoms with Crippen LogP contribution in [0, 0.1) is 13.8 Å². The normalized spacial score (nSPS) is 12.4. The Morgan fingerprint density at radius 2 is 1.75 bits per heavy atom. The summed E-state index contributed by atoms with van der Waals surface area (Å²) in [4.78, 5) is 0. The average Bonchev–Trinajstić information content (AvgIpc) is 2.43. The molecular weight excluding hydrogens is 334 g/mol. The van der Waals surface area contributed by atoms with Gasteiger partial charge in [0.2, 0.25) is 0 Å². The highest BCUT2D eigenvalue weighted by Crippen LogP contribution is 2.31. The van der Waals surface area contributed by atoms with Gasteiger partial charge in [0.1, 0.15) is 0 Å². The predicted octanol–water partition coefficient (Wildman–Crippen LogP) is 5.42. The van der Waals surface area contributed by atoms with Gasteiger partial charge in [0.15, 0.2) is 0 Å². The van der Waals surface area contributed by atoms with Crippen LogP contribution < -0.4 is 5.32 Å². The van der Waals surface area contributed by atoms with Crippen molar-refractivity contribution in [2.24, 2.45) is 0 Å². The summed E-state index contributed by atoms with van der Waals surface area (Å²) >= 11 is 9.99. The molecule has 1 unspecified atom stereocenters. The molecule has 0 aliphatic heterocycles. The lowest BCUT2D eigenvalue weighted by atomic mass is 9.95. The highest BCUT2D eigenvalue weighted by molar-refractivity contribution is 9.10. The molecule has 0 saturated carbocycles. The van der Waals surface area contributed by atoms with Crippen LogP contribution in [0.15, 0.2) is 40.9 Å². The summed E-state index contributed by atoms with van der Waals surface area (Å²) in [7, 11) is 0. The first-order chi connectivity index (χ1) is 9.54. The Balaban J connectivity index is 2.52. The molecule has 1 atom stereocenters. The number of hydrogen-bond acceptors (Lipinski definition) is 1. The average molecular weight is 353 g/mol. The van der Waals surface area contributed by atoms with E-state index in [1.807, 2.05) is 18.2 Å². The number of halogens is 2. The maximum atomic E-state index is 6.37. The SMILES string of the molecule is CCNC(c1cc(C)c(Br)c(C)c1)c1ccccc1Cl. The van der Waals surface area contributed by atoms with Crippen LogP contribution >= 0.6 is 27.5 Å². The van der Waals surface area contributed by atoms with Crippen LogP contribution in [-0.2, 0) is 0 Å². The Hall–Kier alpha value is -0.830. The predicted molar refractivity (Wildman–Crippen MR) is 90.6 cm³/mol. The van der Waals surface area contributed by atoms with E-state index < -0.39 is 0 Å². The minimum atomic E-state index is 0.124. The van der Waals surface area contributed by atoms with E-state index in [0.717, 1.165) is 17.1 Å². The van der Waals surface area contributed by atoms with Crippen molar-refractivity contribution in [2.75, 3.05) is 6.54 Å². The van der Waals surface area contributed by atoms with E-state index in [1.165, 1.54) is 21.2 Å². The van der Waals surface area contributed by atoms with Gasteiger partial charge in [-0.3, -0.25) is 0 Å². The fourth-order valence-corrected chi connectivity index (χ4v) is 2.94. The Morgan fingerprint density at radius 3 is 2.30 bits per heavy atom. The molecule has 0 bridgehead atoms. The quantitative estimate of drug-likeness (QED) is 0.775. The highest BCUT2D eigenvalue weighted by Gasteiger charge is 2.17. The number of nitrogens with one attached hydrogen (secondary N) is 1. The number of rotatable bonds is 4. The van der Waals surface area contributed by atoms with Gasteiger partial charge in [0, 0.05) is 9.50 Å². The van der Waals surface area contributed by atoms with E-state index in [1.54, 1.807) is 0 Å². The van der Waals surface area contributed by atoms with Crippen molar-refractivity contribution in [3.8, 4) is 0 Å². The highest BCUT2D eigenvalue weighted by atomic mass is 79.9. The second-order valence-corrected chi connectivity index (χ2v) is 6.18. The molecule has 0 heterocycles. The zero-order chi connectivity index (χ0) is 14.7. The maximum absolute atomic E-state index is 6.37. The molecule has 2 aromatic carbocycles. The van der Waals surface area contributed by atoms with Crippen LogP contribution in [0.4, 0.5) is 0 Å². The molecular formula is C17H19BrClN. The van der Waals surface area contributed by atoms with E-state index in [2.05, 4.69) is 60.2 Å². The lowest BCUT2D eigenvalue weighted by Crippen LogP contribution is -2.22. The van der Waals surface area contributed by atoms with Crippen LogP contribution in [0.3, 0.4) is 0 Å². The minimum Gasteiger partial charge on any atom is -0.306 e. The molecule has 2 rings (SSSR count). The summed E-state index contributed by atoms with van der Waals surface area (Å²) in [5.74, 6) is 0. The van der Waals surface area contributed by atoms with E-state index in [4.69, 9.17) is 11.6 Å². The Morgan fingerprint density at radius 1 is 1.15 bits per heavy atom. The Kier molecular flexibility index (Phi) is 5.25. The summed E-state index contributed by atoms with van der Waals surface area (Å²) in [6.07, 6.45) is 0. The first-order valence-corrected chi connectivity index (χ1v) is 7.96. The van der Waals surface area contributed by atoms with Crippen LogP contribution in [0.2, 0.25) is 5.02 Å². The van der Waals surface area contributed by atoms with Gasteiger partial charge < -0.3 is 5.32 Å². The zero-order valence-electron chi connectivity index (χ0n) is 12.0. The van der Waals surface area contributed by atoms with Crippen molar-refractivity contribution < 1.29 is 0 Å². The fraction of sp³-hybridized carbons (Fsp3) is 0.294. The second-order valence-electron chi connectivity index (χ2n) is 4.98. The molecule has 0 amide bonds. The van der Waals surface area contributed by atoms with Gasteiger partial charge in [-0.15, -0.1) is 0 Å². The summed E-state index contributed by atoms with van der Waals surface area (Å²) in [5.41, 5.74) is 4.86. The molecule has 0 aliphatic rings. The summed E-state index contributed by atoms with van der Waals surface area (Å²) in [6.45, 7) is 7.25. The standard InChI is InChI=1S/C17H19BrClN/c1-4-20-17(14-7-5-6-8-15(14)19)13-9-11(2)16(18)12(3)10-13/h5-10,17,20H,4H2,1-3H3. The Bertz CT molecular complexity index is 587. The molecule has 1 nitrogen and oxygen atoms in total. The van der Waals surface area contributed by atoms with Gasteiger partial charge in [-0.05, 0) is 48.7 Å². The zero-order valence-corrected chi connectivity index (χ0v) is 14.3. The van der Waals surface area contributed by atoms with Crippen molar-refractivity contribution in [1.82, 2.24) is 5.32 Å². The molecule has 2 aromatic rings. The fourth-order valence-electron chi connectivity index (χ4n) is 2.47. The van der Waals surface area contributed by atoms with Crippen LogP contribution in [-0.4, -0.2) is 6.54 Å². The summed E-state index contributed by atoms with van der Waals surface area (Å²) in [5, 5.41) is 4.33. The van der Waals surface area contributed by atoms with Gasteiger partial charge in [0.25, 0.3) is 0 Å². The molecule has 0 saturated heterocycles. The van der Waals surface area contributed by atoms with Crippen molar-refractivity contribution in [3.63, 3.8) is 0 Å². The molecule has 0 aliphatic carbocycles. The number of hydrogen-bond donors (Lipinski definition) is 1. The number of benzene rings is 2. The van der Waals surface area contributed by atoms with Crippen molar-refractivity contribution in [1.29, 1.82) is 0 Å². The van der Waals surface area contributed by atoms with Crippen LogP contribution in [0.25, 0.3) is 0 Å². The van der Waals surface area contributed by atoms with Gasteiger partial charge in [-0.25, -0.2) is 0 Å². The maximum Gasteiger partial charge on any atom is 0.0591 e. The van der Waals surface area contributed by atoms with Gasteiger partial charge in [-0.1, -0.05) is 64.8 Å². The number of aryl methyl sites for hydroxylation is 2. The van der Waals surface area contributed by atoms with Crippen molar-refractivity contribution in [2.45, 2.75) is 26.8 Å². The molecule has 0 aromatic heterocycles. The van der Waals surface area contributed by atoms with E-state index in [9.17, 15) is 0 Å². The molecule has 0 fully saturated rings. The summed E-state index contributed by atoms with van der Waals surface area (Å²) in [6, 6.07) is 12.6. The van der Waals surface area contributed by atoms with Crippen molar-refractivity contribution in [3.05, 3.63) is 68.1 Å². The monoisotopic (exact) mass is 351 g/mol. The van der Waals surface area contributed by atoms with Crippen molar-refractivity contribution >= 4 is 27.5 Å². The van der Waals surface area contributed by atoms with E-state index in [0.29, 0.717) is 0 Å². The Labute approximate surface area is 134 Å². The molecule has 1 N–H and O–H groups in total. The molecule has 20 heavy (non-hydrogen) atoms. The lowest BCUT2D eigenvalue weighted by Gasteiger charge is -2.21. The second kappa shape index (κ2) is 6.75. The van der Waals surface area contributed by atoms with E-state index in [-0.39, 0.29) is 6.04 Å². The molecule has 0 spiro atoms. The lowest BCUT2D eigenvalue weighted by molar-refractivity contribution is 0.630.